The van der Waals surface area contributed by atoms with Crippen molar-refractivity contribution in [2.75, 3.05) is 59.7 Å². The van der Waals surface area contributed by atoms with Gasteiger partial charge in [0.05, 0.1) is 13.2 Å². The molecule has 1 fully saturated rings. The van der Waals surface area contributed by atoms with Crippen LogP contribution in [-0.4, -0.2) is 82.2 Å². The molecule has 1 atom stereocenters. The van der Waals surface area contributed by atoms with Crippen molar-refractivity contribution < 1.29 is 19.0 Å². The van der Waals surface area contributed by atoms with Crippen LogP contribution in [-0.2, 0) is 14.2 Å². The van der Waals surface area contributed by atoms with E-state index in [9.17, 15) is 4.79 Å². The van der Waals surface area contributed by atoms with Crippen LogP contribution in [0.15, 0.2) is 4.99 Å². The van der Waals surface area contributed by atoms with Crippen molar-refractivity contribution in [1.82, 2.24) is 15.5 Å². The number of hydrogen-bond acceptors (Lipinski definition) is 5. The van der Waals surface area contributed by atoms with Crippen molar-refractivity contribution in [2.45, 2.75) is 46.1 Å². The molecule has 0 spiro atoms. The van der Waals surface area contributed by atoms with Crippen LogP contribution in [0, 0.1) is 5.92 Å². The van der Waals surface area contributed by atoms with Gasteiger partial charge in [0.1, 0.15) is 5.60 Å². The van der Waals surface area contributed by atoms with Gasteiger partial charge in [0, 0.05) is 52.4 Å². The average molecular weight is 387 g/mol. The van der Waals surface area contributed by atoms with Gasteiger partial charge in [0.25, 0.3) is 0 Å². The fraction of sp³-hybridized carbons (Fsp3) is 0.895. The molecule has 1 aliphatic heterocycles. The Kier molecular flexibility index (Phi) is 11.1. The van der Waals surface area contributed by atoms with E-state index in [-0.39, 0.29) is 6.09 Å². The van der Waals surface area contributed by atoms with E-state index < -0.39 is 5.60 Å². The summed E-state index contributed by atoms with van der Waals surface area (Å²) in [5, 5.41) is 6.48. The Morgan fingerprint density at radius 1 is 1.30 bits per heavy atom. The SMILES string of the molecule is CCN(CCNC(=NC)NCCCOCC1CCOC1)C(=O)OC(C)(C)C. The Bertz CT molecular complexity index is 445. The van der Waals surface area contributed by atoms with E-state index in [4.69, 9.17) is 14.2 Å². The standard InChI is InChI=1S/C19H38N4O4/c1-6-23(18(24)27-19(2,3)4)11-10-22-17(20-5)21-9-7-12-25-14-16-8-13-26-15-16/h16H,6-15H2,1-5H3,(H2,20,21,22). The summed E-state index contributed by atoms with van der Waals surface area (Å²) in [6.45, 7) is 13.3. The minimum Gasteiger partial charge on any atom is -0.444 e. The van der Waals surface area contributed by atoms with E-state index in [1.807, 2.05) is 27.7 Å². The Hall–Kier alpha value is -1.54. The summed E-state index contributed by atoms with van der Waals surface area (Å²) in [7, 11) is 1.73. The molecule has 8 nitrogen and oxygen atoms in total. The summed E-state index contributed by atoms with van der Waals surface area (Å²) < 4.78 is 16.4. The Morgan fingerprint density at radius 3 is 2.63 bits per heavy atom. The van der Waals surface area contributed by atoms with Gasteiger partial charge in [-0.05, 0) is 40.5 Å². The minimum absolute atomic E-state index is 0.292. The maximum atomic E-state index is 12.1. The van der Waals surface area contributed by atoms with E-state index in [0.29, 0.717) is 25.6 Å². The Morgan fingerprint density at radius 2 is 2.04 bits per heavy atom. The molecule has 0 saturated carbocycles. The zero-order valence-electron chi connectivity index (χ0n) is 17.7. The van der Waals surface area contributed by atoms with E-state index in [0.717, 1.165) is 51.8 Å². The highest BCUT2D eigenvalue weighted by Gasteiger charge is 2.20. The van der Waals surface area contributed by atoms with E-state index >= 15 is 0 Å². The summed E-state index contributed by atoms with van der Waals surface area (Å²) in [5.41, 5.74) is -0.484. The molecule has 1 amide bonds. The molecule has 0 bridgehead atoms. The summed E-state index contributed by atoms with van der Waals surface area (Å²) in [6, 6.07) is 0. The van der Waals surface area contributed by atoms with Crippen LogP contribution >= 0.6 is 0 Å². The molecule has 0 aromatic rings. The molecule has 0 aromatic carbocycles. The number of nitrogens with zero attached hydrogens (tertiary/aromatic N) is 2. The second-order valence-corrected chi connectivity index (χ2v) is 7.64. The van der Waals surface area contributed by atoms with Crippen LogP contribution < -0.4 is 10.6 Å². The van der Waals surface area contributed by atoms with Crippen molar-refractivity contribution in [1.29, 1.82) is 0 Å². The number of rotatable bonds is 10. The van der Waals surface area contributed by atoms with Gasteiger partial charge in [-0.15, -0.1) is 0 Å². The fourth-order valence-corrected chi connectivity index (χ4v) is 2.58. The first-order valence-corrected chi connectivity index (χ1v) is 9.93. The van der Waals surface area contributed by atoms with Crippen molar-refractivity contribution in [3.8, 4) is 0 Å². The maximum absolute atomic E-state index is 12.1. The number of amides is 1. The monoisotopic (exact) mass is 386 g/mol. The summed E-state index contributed by atoms with van der Waals surface area (Å²) >= 11 is 0. The van der Waals surface area contributed by atoms with Gasteiger partial charge in [-0.1, -0.05) is 0 Å². The molecule has 0 aliphatic carbocycles. The molecule has 8 heteroatoms. The lowest BCUT2D eigenvalue weighted by Gasteiger charge is -2.26. The predicted octanol–water partition coefficient (Wildman–Crippen LogP) is 1.85. The zero-order chi connectivity index (χ0) is 20.1. The number of carbonyl (C=O) groups excluding carboxylic acids is 1. The summed E-state index contributed by atoms with van der Waals surface area (Å²) in [4.78, 5) is 18.0. The van der Waals surface area contributed by atoms with Crippen molar-refractivity contribution >= 4 is 12.1 Å². The molecule has 1 aliphatic rings. The van der Waals surface area contributed by atoms with Crippen LogP contribution in [0.25, 0.3) is 0 Å². The van der Waals surface area contributed by atoms with Crippen LogP contribution in [0.5, 0.6) is 0 Å². The molecule has 27 heavy (non-hydrogen) atoms. The number of hydrogen-bond donors (Lipinski definition) is 2. The maximum Gasteiger partial charge on any atom is 0.410 e. The Balaban J connectivity index is 2.12. The normalized spacial score (nSPS) is 17.7. The third-order valence-electron chi connectivity index (χ3n) is 4.07. The number of aliphatic imine (C=N–C) groups is 1. The quantitative estimate of drug-likeness (QED) is 0.339. The molecular formula is C19H38N4O4. The molecule has 1 saturated heterocycles. The van der Waals surface area contributed by atoms with Crippen LogP contribution in [0.1, 0.15) is 40.5 Å². The lowest BCUT2D eigenvalue weighted by atomic mass is 10.1. The highest BCUT2D eigenvalue weighted by Crippen LogP contribution is 2.12. The van der Waals surface area contributed by atoms with Crippen LogP contribution in [0.3, 0.4) is 0 Å². The third kappa shape index (κ3) is 11.0. The fourth-order valence-electron chi connectivity index (χ4n) is 2.58. The second kappa shape index (κ2) is 12.8. The lowest BCUT2D eigenvalue weighted by Crippen LogP contribution is -2.44. The van der Waals surface area contributed by atoms with Gasteiger partial charge < -0.3 is 29.7 Å². The van der Waals surface area contributed by atoms with Gasteiger partial charge in [-0.3, -0.25) is 4.99 Å². The number of nitrogens with one attached hydrogen (secondary N) is 2. The van der Waals surface area contributed by atoms with Gasteiger partial charge in [-0.25, -0.2) is 4.79 Å². The predicted molar refractivity (Wildman–Crippen MR) is 107 cm³/mol. The molecule has 0 radical (unpaired) electrons. The van der Waals surface area contributed by atoms with E-state index in [1.165, 1.54) is 0 Å². The molecular weight excluding hydrogens is 348 g/mol. The first-order chi connectivity index (χ1) is 12.9. The first-order valence-electron chi connectivity index (χ1n) is 9.93. The molecule has 1 rings (SSSR count). The zero-order valence-corrected chi connectivity index (χ0v) is 17.7. The third-order valence-corrected chi connectivity index (χ3v) is 4.07. The van der Waals surface area contributed by atoms with E-state index in [1.54, 1.807) is 11.9 Å². The number of guanidine groups is 1. The number of likely N-dealkylation sites (N-methyl/N-ethyl adjacent to an activating group) is 1. The molecule has 1 heterocycles. The van der Waals surface area contributed by atoms with Crippen molar-refractivity contribution in [3.63, 3.8) is 0 Å². The van der Waals surface area contributed by atoms with Crippen LogP contribution in [0.2, 0.25) is 0 Å². The Labute approximate surface area is 164 Å². The minimum atomic E-state index is -0.484. The largest absolute Gasteiger partial charge is 0.444 e. The highest BCUT2D eigenvalue weighted by molar-refractivity contribution is 5.79. The van der Waals surface area contributed by atoms with E-state index in [2.05, 4.69) is 15.6 Å². The summed E-state index contributed by atoms with van der Waals surface area (Å²) in [6.07, 6.45) is 1.72. The first kappa shape index (κ1) is 23.5. The van der Waals surface area contributed by atoms with Crippen LogP contribution in [0.4, 0.5) is 4.79 Å². The second-order valence-electron chi connectivity index (χ2n) is 7.64. The summed E-state index contributed by atoms with van der Waals surface area (Å²) in [5.74, 6) is 1.28. The molecule has 2 N–H and O–H groups in total. The van der Waals surface area contributed by atoms with Gasteiger partial charge in [-0.2, -0.15) is 0 Å². The molecule has 158 valence electrons. The molecule has 0 aromatic heterocycles. The lowest BCUT2D eigenvalue weighted by molar-refractivity contribution is 0.0264. The molecule has 1 unspecified atom stereocenters. The number of carbonyl (C=O) groups is 1. The number of ether oxygens (including phenoxy) is 3. The van der Waals surface area contributed by atoms with Gasteiger partial charge in [0.2, 0.25) is 0 Å². The topological polar surface area (TPSA) is 84.4 Å². The van der Waals surface area contributed by atoms with Crippen molar-refractivity contribution in [2.24, 2.45) is 10.9 Å². The average Bonchev–Trinajstić information content (AvgIpc) is 3.11. The highest BCUT2D eigenvalue weighted by atomic mass is 16.6. The van der Waals surface area contributed by atoms with Gasteiger partial charge in [0.15, 0.2) is 5.96 Å². The van der Waals surface area contributed by atoms with Gasteiger partial charge >= 0.3 is 6.09 Å². The smallest absolute Gasteiger partial charge is 0.410 e. The van der Waals surface area contributed by atoms with Crippen molar-refractivity contribution in [3.05, 3.63) is 0 Å².